The molecule has 2 unspecified atom stereocenters. The van der Waals surface area contributed by atoms with Gasteiger partial charge in [0.1, 0.15) is 0 Å². The molecule has 2 fully saturated rings. The van der Waals surface area contributed by atoms with E-state index in [0.29, 0.717) is 24.8 Å². The fraction of sp³-hybridized carbons (Fsp3) is 0.391. The van der Waals surface area contributed by atoms with Gasteiger partial charge in [-0.2, -0.15) is 0 Å². The first-order valence-corrected chi connectivity index (χ1v) is 10.0. The Morgan fingerprint density at radius 3 is 2.10 bits per heavy atom. The van der Waals surface area contributed by atoms with E-state index in [1.807, 2.05) is 30.3 Å². The van der Waals surface area contributed by atoms with E-state index >= 15 is 0 Å². The van der Waals surface area contributed by atoms with Crippen molar-refractivity contribution in [3.8, 4) is 0 Å². The summed E-state index contributed by atoms with van der Waals surface area (Å²) in [7, 11) is 0. The van der Waals surface area contributed by atoms with E-state index in [2.05, 4.69) is 16.2 Å². The van der Waals surface area contributed by atoms with Crippen molar-refractivity contribution in [3.63, 3.8) is 0 Å². The van der Waals surface area contributed by atoms with Gasteiger partial charge in [-0.1, -0.05) is 57.2 Å². The Labute approximate surface area is 174 Å². The summed E-state index contributed by atoms with van der Waals surface area (Å²) in [4.78, 5) is 50.7. The lowest BCUT2D eigenvalue weighted by atomic mass is 9.52. The number of nitrogens with one attached hydrogen (secondary N) is 3. The molecule has 1 aliphatic carbocycles. The Morgan fingerprint density at radius 2 is 1.43 bits per heavy atom. The molecule has 2 bridgehead atoms. The number of benzene rings is 2. The van der Waals surface area contributed by atoms with E-state index in [-0.39, 0.29) is 11.8 Å². The van der Waals surface area contributed by atoms with Crippen LogP contribution in [0.15, 0.2) is 42.5 Å². The molecule has 7 heteroatoms. The van der Waals surface area contributed by atoms with Crippen LogP contribution in [-0.4, -0.2) is 23.6 Å². The second-order valence-electron chi connectivity index (χ2n) is 9.43. The number of fused-ring (bicyclic) bond motifs is 3. The molecular formula is C23H25N3O4. The van der Waals surface area contributed by atoms with Gasteiger partial charge >= 0.3 is 0 Å². The molecule has 156 valence electrons. The van der Waals surface area contributed by atoms with Crippen LogP contribution < -0.4 is 16.2 Å². The standard InChI is InChI=1S/C23H25N3O4/c1-21-11-22(2,19(29)24-18(21)28)13-23(3,12-21)20(30)26-25-17(27)16-10-6-8-14-7-4-5-9-15(14)16/h4-10H,11-13H2,1-3H3,(H,25,27)(H,26,30)(H,24,28,29). The third kappa shape index (κ3) is 3.14. The predicted molar refractivity (Wildman–Crippen MR) is 111 cm³/mol. The molecular weight excluding hydrogens is 382 g/mol. The molecule has 0 radical (unpaired) electrons. The highest BCUT2D eigenvalue weighted by Gasteiger charge is 2.60. The van der Waals surface area contributed by atoms with Crippen LogP contribution in [0.5, 0.6) is 0 Å². The third-order valence-electron chi connectivity index (χ3n) is 6.54. The zero-order valence-corrected chi connectivity index (χ0v) is 17.3. The molecule has 7 nitrogen and oxygen atoms in total. The van der Waals surface area contributed by atoms with Crippen LogP contribution in [0.25, 0.3) is 10.8 Å². The first-order chi connectivity index (χ1) is 14.1. The molecule has 30 heavy (non-hydrogen) atoms. The summed E-state index contributed by atoms with van der Waals surface area (Å²) in [5.41, 5.74) is 2.89. The fourth-order valence-corrected chi connectivity index (χ4v) is 5.41. The molecule has 1 heterocycles. The molecule has 4 rings (SSSR count). The molecule has 4 amide bonds. The van der Waals surface area contributed by atoms with E-state index < -0.39 is 28.1 Å². The largest absolute Gasteiger partial charge is 0.296 e. The second-order valence-corrected chi connectivity index (χ2v) is 9.43. The van der Waals surface area contributed by atoms with Gasteiger partial charge in [0.2, 0.25) is 17.7 Å². The number of carbonyl (C=O) groups excluding carboxylic acids is 4. The first kappa shape index (κ1) is 20.1. The number of piperidine rings is 1. The van der Waals surface area contributed by atoms with Crippen molar-refractivity contribution in [2.24, 2.45) is 16.2 Å². The van der Waals surface area contributed by atoms with Crippen molar-refractivity contribution in [1.82, 2.24) is 16.2 Å². The molecule has 0 aromatic heterocycles. The Balaban J connectivity index is 1.53. The molecule has 0 spiro atoms. The number of carbonyl (C=O) groups is 4. The van der Waals surface area contributed by atoms with Crippen LogP contribution in [0.1, 0.15) is 50.4 Å². The maximum Gasteiger partial charge on any atom is 0.270 e. The van der Waals surface area contributed by atoms with Gasteiger partial charge in [-0.05, 0) is 36.1 Å². The Morgan fingerprint density at radius 1 is 0.833 bits per heavy atom. The predicted octanol–water partition coefficient (Wildman–Crippen LogP) is 2.46. The van der Waals surface area contributed by atoms with Gasteiger partial charge < -0.3 is 0 Å². The lowest BCUT2D eigenvalue weighted by Gasteiger charge is -2.53. The normalized spacial score (nSPS) is 30.5. The van der Waals surface area contributed by atoms with Crippen molar-refractivity contribution in [3.05, 3.63) is 48.0 Å². The second kappa shape index (κ2) is 6.65. The van der Waals surface area contributed by atoms with Crippen LogP contribution in [0, 0.1) is 16.2 Å². The van der Waals surface area contributed by atoms with Crippen molar-refractivity contribution < 1.29 is 19.2 Å². The number of hydrogen-bond donors (Lipinski definition) is 3. The van der Waals surface area contributed by atoms with Crippen molar-refractivity contribution in [1.29, 1.82) is 0 Å². The quantitative estimate of drug-likeness (QED) is 0.525. The van der Waals surface area contributed by atoms with Crippen molar-refractivity contribution in [2.45, 2.75) is 40.0 Å². The minimum atomic E-state index is -0.971. The highest BCUT2D eigenvalue weighted by atomic mass is 16.2. The average Bonchev–Trinajstić information content (AvgIpc) is 2.69. The Hall–Kier alpha value is -3.22. The fourth-order valence-electron chi connectivity index (χ4n) is 5.41. The molecule has 2 aliphatic rings. The van der Waals surface area contributed by atoms with Gasteiger partial charge in [0.15, 0.2) is 0 Å². The highest BCUT2D eigenvalue weighted by molar-refractivity contribution is 6.08. The zero-order valence-electron chi connectivity index (χ0n) is 17.3. The smallest absolute Gasteiger partial charge is 0.270 e. The van der Waals surface area contributed by atoms with Gasteiger partial charge in [-0.25, -0.2) is 0 Å². The van der Waals surface area contributed by atoms with Crippen molar-refractivity contribution >= 4 is 34.4 Å². The molecule has 2 atom stereocenters. The summed E-state index contributed by atoms with van der Waals surface area (Å²) < 4.78 is 0. The lowest BCUT2D eigenvalue weighted by molar-refractivity contribution is -0.164. The number of hydrogen-bond acceptors (Lipinski definition) is 4. The topological polar surface area (TPSA) is 104 Å². The Kier molecular flexibility index (Phi) is 4.45. The van der Waals surface area contributed by atoms with Crippen LogP contribution in [0.4, 0.5) is 0 Å². The number of imide groups is 1. The third-order valence-corrected chi connectivity index (χ3v) is 6.54. The molecule has 1 saturated heterocycles. The van der Waals surface area contributed by atoms with Gasteiger partial charge in [0.25, 0.3) is 5.91 Å². The zero-order chi connectivity index (χ0) is 21.7. The number of amides is 4. The van der Waals surface area contributed by atoms with E-state index in [1.165, 1.54) is 0 Å². The summed E-state index contributed by atoms with van der Waals surface area (Å²) in [5.74, 6) is -1.52. The maximum absolute atomic E-state index is 13.1. The minimum absolute atomic E-state index is 0.296. The SMILES string of the molecule is CC1(C(=O)NNC(=O)c2cccc3ccccc23)CC2(C)CC(C)(C1)C(=O)NC2=O. The van der Waals surface area contributed by atoms with Gasteiger partial charge in [0, 0.05) is 16.4 Å². The highest BCUT2D eigenvalue weighted by Crippen LogP contribution is 2.56. The van der Waals surface area contributed by atoms with Crippen molar-refractivity contribution in [2.75, 3.05) is 0 Å². The minimum Gasteiger partial charge on any atom is -0.296 e. The van der Waals surface area contributed by atoms with Gasteiger partial charge in [0.05, 0.1) is 5.41 Å². The van der Waals surface area contributed by atoms with E-state index in [9.17, 15) is 19.2 Å². The average molecular weight is 407 g/mol. The van der Waals surface area contributed by atoms with Crippen LogP contribution in [0.2, 0.25) is 0 Å². The number of rotatable bonds is 2. The molecule has 1 saturated carbocycles. The van der Waals surface area contributed by atoms with Gasteiger partial charge in [-0.3, -0.25) is 35.3 Å². The molecule has 3 N–H and O–H groups in total. The van der Waals surface area contributed by atoms with Gasteiger partial charge in [-0.15, -0.1) is 0 Å². The van der Waals surface area contributed by atoms with E-state index in [4.69, 9.17) is 0 Å². The summed E-state index contributed by atoms with van der Waals surface area (Å²) in [6.45, 7) is 5.31. The summed E-state index contributed by atoms with van der Waals surface area (Å²) in [5, 5.41) is 4.16. The monoisotopic (exact) mass is 407 g/mol. The molecule has 2 aromatic carbocycles. The summed E-state index contributed by atoms with van der Waals surface area (Å²) in [6.07, 6.45) is 1.01. The first-order valence-electron chi connectivity index (χ1n) is 10.0. The summed E-state index contributed by atoms with van der Waals surface area (Å²) >= 11 is 0. The number of hydrazine groups is 1. The molecule has 2 aromatic rings. The van der Waals surface area contributed by atoms with E-state index in [1.54, 1.807) is 32.9 Å². The van der Waals surface area contributed by atoms with E-state index in [0.717, 1.165) is 10.8 Å². The summed E-state index contributed by atoms with van der Waals surface area (Å²) in [6, 6.07) is 12.9. The van der Waals surface area contributed by atoms with Crippen LogP contribution >= 0.6 is 0 Å². The Bertz CT molecular complexity index is 1060. The maximum atomic E-state index is 13.1. The molecule has 1 aliphatic heterocycles. The van der Waals surface area contributed by atoms with Crippen LogP contribution in [-0.2, 0) is 14.4 Å². The lowest BCUT2D eigenvalue weighted by Crippen LogP contribution is -2.64. The van der Waals surface area contributed by atoms with Crippen LogP contribution in [0.3, 0.4) is 0 Å².